The minimum Gasteiger partial charge on any atom is -0.322 e. The minimum absolute atomic E-state index is 0.0648. The summed E-state index contributed by atoms with van der Waals surface area (Å²) in [5.41, 5.74) is -0.126. The highest BCUT2D eigenvalue weighted by molar-refractivity contribution is 7.89. The van der Waals surface area contributed by atoms with Crippen LogP contribution in [0.5, 0.6) is 0 Å². The molecule has 1 fully saturated rings. The van der Waals surface area contributed by atoms with Crippen LogP contribution in [0.2, 0.25) is 0 Å². The molecule has 1 amide bonds. The monoisotopic (exact) mass is 413 g/mol. The molecule has 0 aliphatic carbocycles. The van der Waals surface area contributed by atoms with Crippen LogP contribution in [0.15, 0.2) is 47.4 Å². The first-order valence-electron chi connectivity index (χ1n) is 8.49. The molecular formula is C18H18F3N3O3S. The fraction of sp³-hybridized carbons (Fsp3) is 0.278. The average molecular weight is 413 g/mol. The number of benzene rings is 2. The molecule has 1 heterocycles. The third-order valence-electron chi connectivity index (χ3n) is 4.34. The molecule has 1 aliphatic rings. The van der Waals surface area contributed by atoms with Crippen molar-refractivity contribution in [3.05, 3.63) is 59.9 Å². The van der Waals surface area contributed by atoms with Gasteiger partial charge in [-0.25, -0.2) is 21.6 Å². The standard InChI is InChI=1S/C18H18F3N3O3S/c19-13-2-1-3-15(10-13)28(26,27)24-8-6-23(7-9-24)12-18(25)22-17-5-4-14(20)11-16(17)21/h1-5,10-11H,6-9,12H2,(H,22,25). The molecular weight excluding hydrogens is 395 g/mol. The SMILES string of the molecule is O=C(CN1CCN(S(=O)(=O)c2cccc(F)c2)CC1)Nc1ccc(F)cc1F. The van der Waals surface area contributed by atoms with E-state index in [9.17, 15) is 26.4 Å². The summed E-state index contributed by atoms with van der Waals surface area (Å²) in [5.74, 6) is -2.75. The first-order chi connectivity index (χ1) is 13.3. The largest absolute Gasteiger partial charge is 0.322 e. The number of hydrogen-bond donors (Lipinski definition) is 1. The van der Waals surface area contributed by atoms with E-state index in [2.05, 4.69) is 5.32 Å². The van der Waals surface area contributed by atoms with Crippen molar-refractivity contribution in [3.63, 3.8) is 0 Å². The zero-order valence-corrected chi connectivity index (χ0v) is 15.6. The molecule has 0 spiro atoms. The van der Waals surface area contributed by atoms with Crippen molar-refractivity contribution >= 4 is 21.6 Å². The van der Waals surface area contributed by atoms with Crippen molar-refractivity contribution in [3.8, 4) is 0 Å². The van der Waals surface area contributed by atoms with Gasteiger partial charge in [-0.05, 0) is 30.3 Å². The van der Waals surface area contributed by atoms with Gasteiger partial charge in [0.15, 0.2) is 0 Å². The maximum Gasteiger partial charge on any atom is 0.243 e. The van der Waals surface area contributed by atoms with E-state index in [0.29, 0.717) is 6.07 Å². The molecule has 3 rings (SSSR count). The van der Waals surface area contributed by atoms with Gasteiger partial charge in [-0.1, -0.05) is 6.07 Å². The van der Waals surface area contributed by atoms with E-state index in [1.807, 2.05) is 0 Å². The Morgan fingerprint density at radius 2 is 1.64 bits per heavy atom. The van der Waals surface area contributed by atoms with Crippen LogP contribution in [0.4, 0.5) is 18.9 Å². The van der Waals surface area contributed by atoms with Gasteiger partial charge in [0.05, 0.1) is 17.1 Å². The molecule has 0 radical (unpaired) electrons. The van der Waals surface area contributed by atoms with Crippen LogP contribution >= 0.6 is 0 Å². The van der Waals surface area contributed by atoms with Gasteiger partial charge in [0.25, 0.3) is 0 Å². The molecule has 0 bridgehead atoms. The number of rotatable bonds is 5. The highest BCUT2D eigenvalue weighted by atomic mass is 32.2. The highest BCUT2D eigenvalue weighted by Gasteiger charge is 2.29. The molecule has 2 aromatic carbocycles. The maximum absolute atomic E-state index is 13.6. The fourth-order valence-corrected chi connectivity index (χ4v) is 4.34. The molecule has 1 saturated heterocycles. The molecule has 0 saturated carbocycles. The lowest BCUT2D eigenvalue weighted by Crippen LogP contribution is -2.50. The van der Waals surface area contributed by atoms with Crippen LogP contribution in [0, 0.1) is 17.5 Å². The Morgan fingerprint density at radius 1 is 0.964 bits per heavy atom. The number of halogens is 3. The smallest absolute Gasteiger partial charge is 0.243 e. The Kier molecular flexibility index (Phi) is 6.01. The lowest BCUT2D eigenvalue weighted by Gasteiger charge is -2.33. The Balaban J connectivity index is 1.56. The summed E-state index contributed by atoms with van der Waals surface area (Å²) in [6.07, 6.45) is 0. The lowest BCUT2D eigenvalue weighted by atomic mass is 10.3. The van der Waals surface area contributed by atoms with Gasteiger partial charge in [0, 0.05) is 32.2 Å². The van der Waals surface area contributed by atoms with E-state index < -0.39 is 33.4 Å². The summed E-state index contributed by atoms with van der Waals surface area (Å²) in [4.78, 5) is 13.7. The van der Waals surface area contributed by atoms with Crippen LogP contribution in [0.1, 0.15) is 0 Å². The highest BCUT2D eigenvalue weighted by Crippen LogP contribution is 2.19. The topological polar surface area (TPSA) is 69.7 Å². The van der Waals surface area contributed by atoms with Gasteiger partial charge in [-0.2, -0.15) is 4.31 Å². The van der Waals surface area contributed by atoms with Crippen molar-refractivity contribution in [1.29, 1.82) is 0 Å². The van der Waals surface area contributed by atoms with Crippen LogP contribution < -0.4 is 5.32 Å². The van der Waals surface area contributed by atoms with Gasteiger partial charge >= 0.3 is 0 Å². The number of carbonyl (C=O) groups is 1. The van der Waals surface area contributed by atoms with Gasteiger partial charge in [0.1, 0.15) is 17.5 Å². The molecule has 1 aliphatic heterocycles. The van der Waals surface area contributed by atoms with Crippen molar-refractivity contribution in [1.82, 2.24) is 9.21 Å². The van der Waals surface area contributed by atoms with Crippen LogP contribution in [0.25, 0.3) is 0 Å². The van der Waals surface area contributed by atoms with Gasteiger partial charge in [-0.3, -0.25) is 9.69 Å². The number of anilines is 1. The molecule has 0 unspecified atom stereocenters. The van der Waals surface area contributed by atoms with Crippen molar-refractivity contribution < 1.29 is 26.4 Å². The Labute approximate surface area is 160 Å². The quantitative estimate of drug-likeness (QED) is 0.815. The predicted molar refractivity (Wildman–Crippen MR) is 96.6 cm³/mol. The third-order valence-corrected chi connectivity index (χ3v) is 6.23. The second kappa shape index (κ2) is 8.29. The number of piperazine rings is 1. The molecule has 0 atom stereocenters. The Morgan fingerprint density at radius 3 is 2.29 bits per heavy atom. The van der Waals surface area contributed by atoms with Crippen molar-refractivity contribution in [2.45, 2.75) is 4.90 Å². The molecule has 1 N–H and O–H groups in total. The molecule has 0 aromatic heterocycles. The first kappa shape index (κ1) is 20.3. The number of amides is 1. The normalized spacial score (nSPS) is 16.1. The lowest BCUT2D eigenvalue weighted by molar-refractivity contribution is -0.117. The molecule has 28 heavy (non-hydrogen) atoms. The van der Waals surface area contributed by atoms with Crippen molar-refractivity contribution in [2.24, 2.45) is 0 Å². The number of nitrogens with one attached hydrogen (secondary N) is 1. The zero-order valence-electron chi connectivity index (χ0n) is 14.7. The second-order valence-electron chi connectivity index (χ2n) is 6.31. The molecule has 150 valence electrons. The summed E-state index contributed by atoms with van der Waals surface area (Å²) in [7, 11) is -3.81. The summed E-state index contributed by atoms with van der Waals surface area (Å²) < 4.78 is 66.2. The Bertz CT molecular complexity index is 977. The van der Waals surface area contributed by atoms with Crippen LogP contribution in [-0.4, -0.2) is 56.3 Å². The summed E-state index contributed by atoms with van der Waals surface area (Å²) in [6.45, 7) is 0.778. The predicted octanol–water partition coefficient (Wildman–Crippen LogP) is 2.05. The fourth-order valence-electron chi connectivity index (χ4n) is 2.89. The third kappa shape index (κ3) is 4.70. The number of sulfonamides is 1. The zero-order chi connectivity index (χ0) is 20.3. The first-order valence-corrected chi connectivity index (χ1v) is 9.93. The van der Waals surface area contributed by atoms with Gasteiger partial charge in [-0.15, -0.1) is 0 Å². The van der Waals surface area contributed by atoms with E-state index in [0.717, 1.165) is 18.2 Å². The number of hydrogen-bond acceptors (Lipinski definition) is 4. The Hall–Kier alpha value is -2.43. The van der Waals surface area contributed by atoms with E-state index in [1.165, 1.54) is 22.5 Å². The minimum atomic E-state index is -3.81. The number of nitrogens with zero attached hydrogens (tertiary/aromatic N) is 2. The molecule has 2 aromatic rings. The van der Waals surface area contributed by atoms with E-state index in [-0.39, 0.29) is 43.3 Å². The molecule has 6 nitrogen and oxygen atoms in total. The average Bonchev–Trinajstić information content (AvgIpc) is 2.64. The maximum atomic E-state index is 13.6. The second-order valence-corrected chi connectivity index (χ2v) is 8.25. The van der Waals surface area contributed by atoms with Gasteiger partial charge < -0.3 is 5.32 Å². The summed E-state index contributed by atoms with van der Waals surface area (Å²) >= 11 is 0. The van der Waals surface area contributed by atoms with E-state index in [1.54, 1.807) is 4.90 Å². The van der Waals surface area contributed by atoms with Crippen LogP contribution in [0.3, 0.4) is 0 Å². The van der Waals surface area contributed by atoms with E-state index in [4.69, 9.17) is 0 Å². The summed E-state index contributed by atoms with van der Waals surface area (Å²) in [6, 6.07) is 7.63. The summed E-state index contributed by atoms with van der Waals surface area (Å²) in [5, 5.41) is 2.36. The number of carbonyl (C=O) groups excluding carboxylic acids is 1. The van der Waals surface area contributed by atoms with Crippen molar-refractivity contribution in [2.75, 3.05) is 38.0 Å². The van der Waals surface area contributed by atoms with Gasteiger partial charge in [0.2, 0.25) is 15.9 Å². The molecule has 10 heteroatoms. The van der Waals surface area contributed by atoms with E-state index >= 15 is 0 Å². The van der Waals surface area contributed by atoms with Crippen LogP contribution in [-0.2, 0) is 14.8 Å².